The van der Waals surface area contributed by atoms with Gasteiger partial charge in [0.2, 0.25) is 0 Å². The summed E-state index contributed by atoms with van der Waals surface area (Å²) in [6.45, 7) is 2.41. The molecule has 24 heavy (non-hydrogen) atoms. The zero-order chi connectivity index (χ0) is 17.3. The van der Waals surface area contributed by atoms with Crippen molar-refractivity contribution in [2.45, 2.75) is 13.5 Å². The number of hydrogen-bond donors (Lipinski definition) is 1. The number of methoxy groups -OCH3 is 1. The van der Waals surface area contributed by atoms with E-state index in [1.165, 1.54) is 7.11 Å². The van der Waals surface area contributed by atoms with Crippen molar-refractivity contribution >= 4 is 34.4 Å². The Hall–Kier alpha value is -2.60. The van der Waals surface area contributed by atoms with Crippen LogP contribution in [0.15, 0.2) is 30.3 Å². The summed E-state index contributed by atoms with van der Waals surface area (Å²) in [6.07, 6.45) is 0. The van der Waals surface area contributed by atoms with Crippen molar-refractivity contribution in [2.24, 2.45) is 0 Å². The summed E-state index contributed by atoms with van der Waals surface area (Å²) >= 11 is 6.36. The van der Waals surface area contributed by atoms with Crippen LogP contribution < -0.4 is 5.32 Å². The number of esters is 1. The van der Waals surface area contributed by atoms with Crippen molar-refractivity contribution in [1.82, 2.24) is 14.5 Å². The fourth-order valence-electron chi connectivity index (χ4n) is 2.52. The number of benzene rings is 1. The maximum absolute atomic E-state index is 11.7. The summed E-state index contributed by atoms with van der Waals surface area (Å²) in [5.41, 5.74) is 3.50. The maximum Gasteiger partial charge on any atom is 0.356 e. The van der Waals surface area contributed by atoms with Gasteiger partial charge in [0, 0.05) is 17.8 Å². The van der Waals surface area contributed by atoms with E-state index in [2.05, 4.69) is 15.3 Å². The molecule has 0 fully saturated rings. The van der Waals surface area contributed by atoms with Gasteiger partial charge < -0.3 is 14.6 Å². The Morgan fingerprint density at radius 2 is 2.08 bits per heavy atom. The highest BCUT2D eigenvalue weighted by Gasteiger charge is 2.14. The van der Waals surface area contributed by atoms with Crippen molar-refractivity contribution in [1.29, 1.82) is 0 Å². The molecule has 0 unspecified atom stereocenters. The van der Waals surface area contributed by atoms with Gasteiger partial charge in [-0.1, -0.05) is 17.7 Å². The lowest BCUT2D eigenvalue weighted by Crippen LogP contribution is -2.07. The summed E-state index contributed by atoms with van der Waals surface area (Å²) in [5, 5.41) is 3.71. The number of anilines is 1. The number of fused-ring (bicyclic) bond motifs is 1. The summed E-state index contributed by atoms with van der Waals surface area (Å²) in [5.74, 6) is 0.326. The number of pyridine rings is 1. The van der Waals surface area contributed by atoms with Crippen molar-refractivity contribution in [3.63, 3.8) is 0 Å². The van der Waals surface area contributed by atoms with E-state index in [9.17, 15) is 4.79 Å². The largest absolute Gasteiger partial charge is 0.464 e. The molecule has 2 aromatic heterocycles. The van der Waals surface area contributed by atoms with Crippen LogP contribution in [0.4, 0.5) is 5.69 Å². The van der Waals surface area contributed by atoms with Gasteiger partial charge in [0.15, 0.2) is 11.3 Å². The number of carbonyl (C=O) groups excluding carboxylic acids is 1. The molecule has 0 spiro atoms. The second kappa shape index (κ2) is 6.49. The molecular formula is C17H17ClN4O2. The van der Waals surface area contributed by atoms with Crippen LogP contribution in [-0.4, -0.2) is 34.7 Å². The SMILES string of the molecule is CNc1ccc(Cn2c(C)nc3ccc(C(=O)OC)nc32)c(Cl)c1. The fraction of sp³-hybridized carbons (Fsp3) is 0.235. The zero-order valence-corrected chi connectivity index (χ0v) is 14.4. The molecule has 0 atom stereocenters. The number of aryl methyl sites for hydroxylation is 1. The highest BCUT2D eigenvalue weighted by atomic mass is 35.5. The molecule has 0 saturated heterocycles. The van der Waals surface area contributed by atoms with Crippen LogP contribution in [0.5, 0.6) is 0 Å². The molecule has 2 heterocycles. The summed E-state index contributed by atoms with van der Waals surface area (Å²) < 4.78 is 6.67. The number of aromatic nitrogens is 3. The molecule has 0 amide bonds. The van der Waals surface area contributed by atoms with Gasteiger partial charge in [-0.3, -0.25) is 0 Å². The molecule has 3 rings (SSSR count). The second-order valence-electron chi connectivity index (χ2n) is 5.33. The summed E-state index contributed by atoms with van der Waals surface area (Å²) in [6, 6.07) is 9.18. The number of halogens is 1. The van der Waals surface area contributed by atoms with Gasteiger partial charge in [-0.05, 0) is 36.8 Å². The quantitative estimate of drug-likeness (QED) is 0.736. The van der Waals surface area contributed by atoms with Gasteiger partial charge in [0.25, 0.3) is 0 Å². The van der Waals surface area contributed by atoms with Gasteiger partial charge in [0.05, 0.1) is 13.7 Å². The lowest BCUT2D eigenvalue weighted by Gasteiger charge is -2.10. The first-order chi connectivity index (χ1) is 11.5. The molecule has 0 saturated carbocycles. The molecule has 7 heteroatoms. The molecule has 0 radical (unpaired) electrons. The Kier molecular flexibility index (Phi) is 4.40. The topological polar surface area (TPSA) is 69.0 Å². The van der Waals surface area contributed by atoms with Crippen LogP contribution in [0.1, 0.15) is 21.9 Å². The van der Waals surface area contributed by atoms with E-state index in [1.807, 2.05) is 36.7 Å². The first-order valence-electron chi connectivity index (χ1n) is 7.42. The van der Waals surface area contributed by atoms with Crippen molar-refractivity contribution in [2.75, 3.05) is 19.5 Å². The zero-order valence-electron chi connectivity index (χ0n) is 13.6. The third-order valence-electron chi connectivity index (χ3n) is 3.85. The van der Waals surface area contributed by atoms with Crippen LogP contribution in [0.3, 0.4) is 0 Å². The average Bonchev–Trinajstić information content (AvgIpc) is 2.90. The molecule has 1 aromatic carbocycles. The Bertz CT molecular complexity index is 920. The molecular weight excluding hydrogens is 328 g/mol. The van der Waals surface area contributed by atoms with Crippen LogP contribution in [0.25, 0.3) is 11.2 Å². The van der Waals surface area contributed by atoms with Gasteiger partial charge >= 0.3 is 5.97 Å². The number of ether oxygens (including phenoxy) is 1. The Morgan fingerprint density at radius 1 is 1.29 bits per heavy atom. The lowest BCUT2D eigenvalue weighted by atomic mass is 10.2. The Morgan fingerprint density at radius 3 is 2.75 bits per heavy atom. The minimum absolute atomic E-state index is 0.253. The van der Waals surface area contributed by atoms with E-state index in [1.54, 1.807) is 12.1 Å². The van der Waals surface area contributed by atoms with E-state index in [0.29, 0.717) is 17.2 Å². The molecule has 124 valence electrons. The summed E-state index contributed by atoms with van der Waals surface area (Å²) in [7, 11) is 3.18. The Balaban J connectivity index is 2.05. The van der Waals surface area contributed by atoms with E-state index in [-0.39, 0.29) is 5.69 Å². The van der Waals surface area contributed by atoms with Crippen LogP contribution in [-0.2, 0) is 11.3 Å². The minimum atomic E-state index is -0.473. The number of rotatable bonds is 4. The highest BCUT2D eigenvalue weighted by Crippen LogP contribution is 2.24. The van der Waals surface area contributed by atoms with Gasteiger partial charge in [0.1, 0.15) is 11.3 Å². The molecule has 0 aliphatic rings. The standard InChI is InChI=1S/C17H17ClN4O2/c1-10-20-14-6-7-15(17(23)24-3)21-16(14)22(10)9-11-4-5-12(19-2)8-13(11)18/h4-8,19H,9H2,1-3H3. The first-order valence-corrected chi connectivity index (χ1v) is 7.79. The number of hydrogen-bond acceptors (Lipinski definition) is 5. The van der Waals surface area contributed by atoms with Crippen molar-refractivity contribution < 1.29 is 9.53 Å². The van der Waals surface area contributed by atoms with Crippen LogP contribution in [0, 0.1) is 6.92 Å². The highest BCUT2D eigenvalue weighted by molar-refractivity contribution is 6.31. The molecule has 3 aromatic rings. The van der Waals surface area contributed by atoms with Crippen LogP contribution >= 0.6 is 11.6 Å². The number of nitrogens with one attached hydrogen (secondary N) is 1. The van der Waals surface area contributed by atoms with Crippen molar-refractivity contribution in [3.8, 4) is 0 Å². The van der Waals surface area contributed by atoms with E-state index in [4.69, 9.17) is 16.3 Å². The molecule has 1 N–H and O–H groups in total. The predicted octanol–water partition coefficient (Wildman–Crippen LogP) is 3.27. The third-order valence-corrected chi connectivity index (χ3v) is 4.20. The van der Waals surface area contributed by atoms with E-state index in [0.717, 1.165) is 22.6 Å². The normalized spacial score (nSPS) is 10.8. The van der Waals surface area contributed by atoms with E-state index >= 15 is 0 Å². The summed E-state index contributed by atoms with van der Waals surface area (Å²) in [4.78, 5) is 20.6. The molecule has 6 nitrogen and oxygen atoms in total. The van der Waals surface area contributed by atoms with Gasteiger partial charge in [-0.25, -0.2) is 14.8 Å². The van der Waals surface area contributed by atoms with Gasteiger partial charge in [-0.15, -0.1) is 0 Å². The predicted molar refractivity (Wildman–Crippen MR) is 93.7 cm³/mol. The smallest absolute Gasteiger partial charge is 0.356 e. The monoisotopic (exact) mass is 344 g/mol. The van der Waals surface area contributed by atoms with Gasteiger partial charge in [-0.2, -0.15) is 0 Å². The number of imidazole rings is 1. The lowest BCUT2D eigenvalue weighted by molar-refractivity contribution is 0.0594. The molecule has 0 bridgehead atoms. The number of nitrogens with zero attached hydrogens (tertiary/aromatic N) is 3. The fourth-order valence-corrected chi connectivity index (χ4v) is 2.76. The number of carbonyl (C=O) groups is 1. The third kappa shape index (κ3) is 2.92. The first kappa shape index (κ1) is 16.3. The molecule has 0 aliphatic carbocycles. The maximum atomic E-state index is 11.7. The van der Waals surface area contributed by atoms with Crippen LogP contribution in [0.2, 0.25) is 5.02 Å². The minimum Gasteiger partial charge on any atom is -0.464 e. The average molecular weight is 345 g/mol. The van der Waals surface area contributed by atoms with Crippen molar-refractivity contribution in [3.05, 3.63) is 52.4 Å². The Labute approximate surface area is 144 Å². The van der Waals surface area contributed by atoms with E-state index < -0.39 is 5.97 Å². The molecule has 0 aliphatic heterocycles. The second-order valence-corrected chi connectivity index (χ2v) is 5.74.